The molecule has 0 aromatic heterocycles. The van der Waals surface area contributed by atoms with E-state index in [4.69, 9.17) is 10.8 Å². The fourth-order valence-electron chi connectivity index (χ4n) is 1.77. The molecule has 1 atom stereocenters. The molecular formula is C12H17NO2. The maximum absolute atomic E-state index is 11.2. The topological polar surface area (TPSA) is 63.3 Å². The first-order chi connectivity index (χ1) is 6.91. The smallest absolute Gasteiger partial charge is 0.328 e. The Kier molecular flexibility index (Phi) is 3.15. The van der Waals surface area contributed by atoms with Crippen molar-refractivity contribution in [1.29, 1.82) is 0 Å². The predicted molar refractivity (Wildman–Crippen MR) is 59.7 cm³/mol. The molecule has 1 rings (SSSR count). The first-order valence-electron chi connectivity index (χ1n) is 5.02. The van der Waals surface area contributed by atoms with Gasteiger partial charge in [0, 0.05) is 0 Å². The van der Waals surface area contributed by atoms with E-state index in [0.717, 1.165) is 11.1 Å². The van der Waals surface area contributed by atoms with Crippen molar-refractivity contribution >= 4 is 5.97 Å². The Labute approximate surface area is 89.9 Å². The van der Waals surface area contributed by atoms with E-state index in [1.165, 1.54) is 0 Å². The third-order valence-corrected chi connectivity index (χ3v) is 2.80. The van der Waals surface area contributed by atoms with Crippen molar-refractivity contribution in [2.75, 3.05) is 0 Å². The number of carbonyl (C=O) groups is 1. The highest BCUT2D eigenvalue weighted by atomic mass is 16.4. The lowest BCUT2D eigenvalue weighted by atomic mass is 9.85. The van der Waals surface area contributed by atoms with Gasteiger partial charge < -0.3 is 10.8 Å². The minimum absolute atomic E-state index is 0.381. The van der Waals surface area contributed by atoms with Crippen LogP contribution in [0.5, 0.6) is 0 Å². The van der Waals surface area contributed by atoms with Gasteiger partial charge in [0.2, 0.25) is 0 Å². The van der Waals surface area contributed by atoms with Gasteiger partial charge in [-0.1, -0.05) is 30.7 Å². The Morgan fingerprint density at radius 1 is 1.47 bits per heavy atom. The molecule has 0 bridgehead atoms. The van der Waals surface area contributed by atoms with Crippen LogP contribution in [0.4, 0.5) is 0 Å². The summed E-state index contributed by atoms with van der Waals surface area (Å²) >= 11 is 0. The number of hydrogen-bond acceptors (Lipinski definition) is 2. The average molecular weight is 207 g/mol. The van der Waals surface area contributed by atoms with Gasteiger partial charge in [0.25, 0.3) is 0 Å². The van der Waals surface area contributed by atoms with Crippen molar-refractivity contribution in [1.82, 2.24) is 0 Å². The zero-order valence-electron chi connectivity index (χ0n) is 9.37. The quantitative estimate of drug-likeness (QED) is 0.796. The van der Waals surface area contributed by atoms with Gasteiger partial charge in [-0.25, -0.2) is 4.79 Å². The summed E-state index contributed by atoms with van der Waals surface area (Å²) in [6.45, 7) is 5.65. The van der Waals surface area contributed by atoms with E-state index in [1.807, 2.05) is 32.0 Å². The Hall–Kier alpha value is -1.35. The van der Waals surface area contributed by atoms with Crippen LogP contribution in [0.2, 0.25) is 0 Å². The summed E-state index contributed by atoms with van der Waals surface area (Å²) in [6, 6.07) is 5.65. The Balaban J connectivity index is 3.30. The molecule has 1 unspecified atom stereocenters. The predicted octanol–water partition coefficient (Wildman–Crippen LogP) is 1.95. The summed E-state index contributed by atoms with van der Waals surface area (Å²) in [4.78, 5) is 11.2. The van der Waals surface area contributed by atoms with Crippen LogP contribution in [0.15, 0.2) is 18.2 Å². The SMILES string of the molecule is CCC(N)(C(=O)O)c1ccc(C)cc1C. The molecular weight excluding hydrogens is 190 g/mol. The average Bonchev–Trinajstić information content (AvgIpc) is 2.16. The molecule has 82 valence electrons. The van der Waals surface area contributed by atoms with Crippen molar-refractivity contribution in [2.24, 2.45) is 5.73 Å². The van der Waals surface area contributed by atoms with Crippen LogP contribution in [0.1, 0.15) is 30.0 Å². The summed E-state index contributed by atoms with van der Waals surface area (Å²) in [5, 5.41) is 9.15. The lowest BCUT2D eigenvalue weighted by Gasteiger charge is -2.25. The van der Waals surface area contributed by atoms with Gasteiger partial charge in [0.15, 0.2) is 0 Å². The summed E-state index contributed by atoms with van der Waals surface area (Å²) in [7, 11) is 0. The number of aliphatic carboxylic acids is 1. The number of carboxylic acids is 1. The van der Waals surface area contributed by atoms with Crippen LogP contribution in [-0.4, -0.2) is 11.1 Å². The molecule has 3 nitrogen and oxygen atoms in total. The largest absolute Gasteiger partial charge is 0.480 e. The van der Waals surface area contributed by atoms with E-state index in [9.17, 15) is 4.79 Å². The summed E-state index contributed by atoms with van der Waals surface area (Å²) in [5.41, 5.74) is 7.39. The zero-order chi connectivity index (χ0) is 11.6. The summed E-state index contributed by atoms with van der Waals surface area (Å²) in [5.74, 6) is -0.975. The molecule has 3 heteroatoms. The van der Waals surface area contributed by atoms with Crippen molar-refractivity contribution in [2.45, 2.75) is 32.7 Å². The fraction of sp³-hybridized carbons (Fsp3) is 0.417. The van der Waals surface area contributed by atoms with Gasteiger partial charge in [0.05, 0.1) is 0 Å². The van der Waals surface area contributed by atoms with Crippen LogP contribution in [0, 0.1) is 13.8 Å². The van der Waals surface area contributed by atoms with E-state index < -0.39 is 11.5 Å². The van der Waals surface area contributed by atoms with Crippen LogP contribution in [-0.2, 0) is 10.3 Å². The molecule has 0 saturated heterocycles. The van der Waals surface area contributed by atoms with Crippen molar-refractivity contribution in [3.05, 3.63) is 34.9 Å². The highest BCUT2D eigenvalue weighted by Crippen LogP contribution is 2.26. The molecule has 0 aliphatic carbocycles. The third kappa shape index (κ3) is 2.02. The molecule has 1 aromatic carbocycles. The van der Waals surface area contributed by atoms with E-state index in [0.29, 0.717) is 12.0 Å². The first-order valence-corrected chi connectivity index (χ1v) is 5.02. The van der Waals surface area contributed by atoms with E-state index in [2.05, 4.69) is 0 Å². The molecule has 0 saturated carbocycles. The molecule has 0 heterocycles. The lowest BCUT2D eigenvalue weighted by molar-refractivity contribution is -0.143. The van der Waals surface area contributed by atoms with Crippen molar-refractivity contribution in [3.63, 3.8) is 0 Å². The number of aryl methyl sites for hydroxylation is 2. The third-order valence-electron chi connectivity index (χ3n) is 2.80. The van der Waals surface area contributed by atoms with E-state index in [-0.39, 0.29) is 0 Å². The number of rotatable bonds is 3. The maximum Gasteiger partial charge on any atom is 0.328 e. The minimum atomic E-state index is -1.27. The molecule has 3 N–H and O–H groups in total. The van der Waals surface area contributed by atoms with Gasteiger partial charge in [-0.15, -0.1) is 0 Å². The standard InChI is InChI=1S/C12H17NO2/c1-4-12(13,11(14)15)10-6-5-8(2)7-9(10)3/h5-7H,4,13H2,1-3H3,(H,14,15). The van der Waals surface area contributed by atoms with Gasteiger partial charge in [-0.05, 0) is 31.4 Å². The van der Waals surface area contributed by atoms with Crippen molar-refractivity contribution in [3.8, 4) is 0 Å². The molecule has 0 aliphatic heterocycles. The molecule has 0 aliphatic rings. The minimum Gasteiger partial charge on any atom is -0.480 e. The van der Waals surface area contributed by atoms with E-state index in [1.54, 1.807) is 6.92 Å². The number of benzene rings is 1. The Bertz CT molecular complexity index is 387. The first kappa shape index (κ1) is 11.7. The highest BCUT2D eigenvalue weighted by Gasteiger charge is 2.35. The molecule has 15 heavy (non-hydrogen) atoms. The van der Waals surface area contributed by atoms with Gasteiger partial charge in [-0.2, -0.15) is 0 Å². The van der Waals surface area contributed by atoms with E-state index >= 15 is 0 Å². The second-order valence-electron chi connectivity index (χ2n) is 3.95. The monoisotopic (exact) mass is 207 g/mol. The molecule has 0 spiro atoms. The van der Waals surface area contributed by atoms with Gasteiger partial charge >= 0.3 is 5.97 Å². The maximum atomic E-state index is 11.2. The van der Waals surface area contributed by atoms with Crippen molar-refractivity contribution < 1.29 is 9.90 Å². The van der Waals surface area contributed by atoms with Gasteiger partial charge in [0.1, 0.15) is 5.54 Å². The molecule has 0 radical (unpaired) electrons. The highest BCUT2D eigenvalue weighted by molar-refractivity contribution is 5.81. The van der Waals surface area contributed by atoms with Gasteiger partial charge in [-0.3, -0.25) is 0 Å². The second-order valence-corrected chi connectivity index (χ2v) is 3.95. The summed E-state index contributed by atoms with van der Waals surface area (Å²) < 4.78 is 0. The number of carboxylic acid groups (broad SMARTS) is 1. The zero-order valence-corrected chi connectivity index (χ0v) is 9.37. The molecule has 0 fully saturated rings. The normalized spacial score (nSPS) is 14.7. The Morgan fingerprint density at radius 3 is 2.47 bits per heavy atom. The van der Waals surface area contributed by atoms with Crippen LogP contribution >= 0.6 is 0 Å². The van der Waals surface area contributed by atoms with Crippen LogP contribution < -0.4 is 5.73 Å². The Morgan fingerprint density at radius 2 is 2.07 bits per heavy atom. The molecule has 0 amide bonds. The fourth-order valence-corrected chi connectivity index (χ4v) is 1.77. The summed E-state index contributed by atoms with van der Waals surface area (Å²) in [6.07, 6.45) is 0.381. The number of hydrogen-bond donors (Lipinski definition) is 2. The van der Waals surface area contributed by atoms with Crippen LogP contribution in [0.25, 0.3) is 0 Å². The van der Waals surface area contributed by atoms with Crippen LogP contribution in [0.3, 0.4) is 0 Å². The second kappa shape index (κ2) is 4.03. The lowest BCUT2D eigenvalue weighted by Crippen LogP contribution is -2.44. The number of nitrogens with two attached hydrogens (primary N) is 1. The molecule has 1 aromatic rings.